The molecule has 3 N–H and O–H groups in total. The van der Waals surface area contributed by atoms with Gasteiger partial charge in [0, 0.05) is 33.6 Å². The third kappa shape index (κ3) is 3.35. The van der Waals surface area contributed by atoms with Crippen LogP contribution in [0, 0.1) is 5.92 Å². The lowest BCUT2D eigenvalue weighted by Gasteiger charge is -2.31. The molecule has 2 heterocycles. The normalized spacial score (nSPS) is 17.8. The molecule has 9 heteroatoms. The number of sulfonamides is 1. The van der Waals surface area contributed by atoms with Crippen LogP contribution in [0.5, 0.6) is 0 Å². The van der Waals surface area contributed by atoms with E-state index in [2.05, 4.69) is 10.3 Å². The van der Waals surface area contributed by atoms with Crippen molar-refractivity contribution in [2.45, 2.75) is 24.8 Å². The van der Waals surface area contributed by atoms with Crippen molar-refractivity contribution < 1.29 is 13.2 Å². The lowest BCUT2D eigenvalue weighted by Crippen LogP contribution is -2.41. The zero-order valence-electron chi connectivity index (χ0n) is 12.2. The van der Waals surface area contributed by atoms with E-state index in [-0.39, 0.29) is 16.8 Å². The Labute approximate surface area is 124 Å². The number of aromatic nitrogens is 2. The maximum atomic E-state index is 12.6. The molecule has 0 bridgehead atoms. The molecule has 0 spiro atoms. The van der Waals surface area contributed by atoms with Gasteiger partial charge < -0.3 is 15.6 Å². The first kappa shape index (κ1) is 15.8. The summed E-state index contributed by atoms with van der Waals surface area (Å²) in [5.74, 6) is 0.273. The second-order valence-electron chi connectivity index (χ2n) is 5.33. The molecule has 0 radical (unpaired) electrons. The molecule has 8 nitrogen and oxygen atoms in total. The lowest BCUT2D eigenvalue weighted by atomic mass is 9.98. The Balaban J connectivity index is 2.03. The minimum Gasteiger partial charge on any atom is -0.381 e. The second kappa shape index (κ2) is 6.02. The first-order valence-corrected chi connectivity index (χ1v) is 8.27. The number of nitrogens with two attached hydrogens (primary N) is 1. The number of aryl methyl sites for hydroxylation is 1. The number of nitrogens with one attached hydrogen (secondary N) is 1. The lowest BCUT2D eigenvalue weighted by molar-refractivity contribution is -0.119. The molecule has 0 aromatic carbocycles. The van der Waals surface area contributed by atoms with Gasteiger partial charge in [-0.2, -0.15) is 4.31 Å². The van der Waals surface area contributed by atoms with Crippen LogP contribution < -0.4 is 11.1 Å². The van der Waals surface area contributed by atoms with Crippen LogP contribution in [-0.2, 0) is 21.9 Å². The molecular weight excluding hydrogens is 294 g/mol. The molecule has 2 rings (SSSR count). The van der Waals surface area contributed by atoms with Gasteiger partial charge in [-0.3, -0.25) is 4.79 Å². The average molecular weight is 315 g/mol. The number of piperidine rings is 1. The highest BCUT2D eigenvalue weighted by molar-refractivity contribution is 7.89. The summed E-state index contributed by atoms with van der Waals surface area (Å²) in [7, 11) is -2.00. The standard InChI is InChI=1S/C12H21N5O3S/c1-9(18)14-7-10-3-5-17(6-4-10)21(19,20)12-11(13)15-8-16(12)2/h8,10H,3-7,13H2,1-2H3,(H,14,18). The summed E-state index contributed by atoms with van der Waals surface area (Å²) in [6.45, 7) is 2.93. The predicted molar refractivity (Wildman–Crippen MR) is 77.8 cm³/mol. The fraction of sp³-hybridized carbons (Fsp3) is 0.667. The number of imidazole rings is 1. The molecule has 1 amide bonds. The highest BCUT2D eigenvalue weighted by Crippen LogP contribution is 2.25. The number of carbonyl (C=O) groups excluding carboxylic acids is 1. The summed E-state index contributed by atoms with van der Waals surface area (Å²) in [6.07, 6.45) is 2.83. The fourth-order valence-electron chi connectivity index (χ4n) is 2.52. The number of anilines is 1. The summed E-state index contributed by atoms with van der Waals surface area (Å²) in [6, 6.07) is 0. The molecule has 1 aromatic heterocycles. The molecule has 0 unspecified atom stereocenters. The van der Waals surface area contributed by atoms with Crippen molar-refractivity contribution in [3.8, 4) is 0 Å². The van der Waals surface area contributed by atoms with Crippen LogP contribution in [-0.4, -0.2) is 47.8 Å². The van der Waals surface area contributed by atoms with E-state index < -0.39 is 10.0 Å². The Bertz CT molecular complexity index is 597. The van der Waals surface area contributed by atoms with Gasteiger partial charge in [0.2, 0.25) is 5.91 Å². The third-order valence-electron chi connectivity index (χ3n) is 3.71. The molecule has 0 saturated carbocycles. The Morgan fingerprint density at radius 2 is 2.10 bits per heavy atom. The summed E-state index contributed by atoms with van der Waals surface area (Å²) in [5.41, 5.74) is 5.66. The number of hydrogen-bond acceptors (Lipinski definition) is 5. The molecule has 21 heavy (non-hydrogen) atoms. The zero-order valence-corrected chi connectivity index (χ0v) is 13.1. The van der Waals surface area contributed by atoms with Crippen LogP contribution in [0.2, 0.25) is 0 Å². The van der Waals surface area contributed by atoms with Crippen LogP contribution in [0.1, 0.15) is 19.8 Å². The molecular formula is C12H21N5O3S. The summed E-state index contributed by atoms with van der Waals surface area (Å²) >= 11 is 0. The van der Waals surface area contributed by atoms with Gasteiger partial charge in [-0.25, -0.2) is 13.4 Å². The highest BCUT2D eigenvalue weighted by Gasteiger charge is 2.33. The van der Waals surface area contributed by atoms with Crippen molar-refractivity contribution in [2.24, 2.45) is 13.0 Å². The molecule has 118 valence electrons. The molecule has 1 saturated heterocycles. The van der Waals surface area contributed by atoms with Gasteiger partial charge in [0.05, 0.1) is 6.33 Å². The van der Waals surface area contributed by atoms with E-state index in [1.807, 2.05) is 0 Å². The van der Waals surface area contributed by atoms with Gasteiger partial charge >= 0.3 is 0 Å². The smallest absolute Gasteiger partial charge is 0.262 e. The quantitative estimate of drug-likeness (QED) is 0.781. The van der Waals surface area contributed by atoms with Gasteiger partial charge in [-0.1, -0.05) is 0 Å². The van der Waals surface area contributed by atoms with Crippen LogP contribution in [0.15, 0.2) is 11.4 Å². The zero-order chi connectivity index (χ0) is 15.6. The van der Waals surface area contributed by atoms with Gasteiger partial charge in [0.1, 0.15) is 0 Å². The van der Waals surface area contributed by atoms with E-state index in [0.717, 1.165) is 12.8 Å². The van der Waals surface area contributed by atoms with Crippen LogP contribution in [0.3, 0.4) is 0 Å². The molecule has 1 aliphatic heterocycles. The maximum absolute atomic E-state index is 12.6. The minimum atomic E-state index is -3.61. The minimum absolute atomic E-state index is 0.0258. The Hall–Kier alpha value is -1.61. The van der Waals surface area contributed by atoms with E-state index in [9.17, 15) is 13.2 Å². The van der Waals surface area contributed by atoms with Crippen molar-refractivity contribution >= 4 is 21.7 Å². The molecule has 0 aliphatic carbocycles. The predicted octanol–water partition coefficient (Wildman–Crippen LogP) is -0.461. The Morgan fingerprint density at radius 3 is 2.57 bits per heavy atom. The first-order valence-electron chi connectivity index (χ1n) is 6.83. The van der Waals surface area contributed by atoms with Crippen molar-refractivity contribution in [2.75, 3.05) is 25.4 Å². The first-order chi connectivity index (χ1) is 9.82. The summed E-state index contributed by atoms with van der Waals surface area (Å²) in [4.78, 5) is 14.7. The van der Waals surface area contributed by atoms with E-state index >= 15 is 0 Å². The monoisotopic (exact) mass is 315 g/mol. The van der Waals surface area contributed by atoms with E-state index in [0.29, 0.717) is 25.6 Å². The fourth-order valence-corrected chi connectivity index (χ4v) is 4.18. The molecule has 1 fully saturated rings. The molecule has 1 aromatic rings. The number of nitrogens with zero attached hydrogens (tertiary/aromatic N) is 3. The maximum Gasteiger partial charge on any atom is 0.262 e. The molecule has 0 atom stereocenters. The van der Waals surface area contributed by atoms with Crippen molar-refractivity contribution in [1.82, 2.24) is 19.2 Å². The van der Waals surface area contributed by atoms with E-state index in [4.69, 9.17) is 5.73 Å². The van der Waals surface area contributed by atoms with Gasteiger partial charge in [0.15, 0.2) is 10.8 Å². The second-order valence-corrected chi connectivity index (χ2v) is 7.18. The van der Waals surface area contributed by atoms with Crippen molar-refractivity contribution in [1.29, 1.82) is 0 Å². The van der Waals surface area contributed by atoms with Crippen LogP contribution in [0.4, 0.5) is 5.82 Å². The average Bonchev–Trinajstić information content (AvgIpc) is 2.77. The van der Waals surface area contributed by atoms with Gasteiger partial charge in [-0.05, 0) is 18.8 Å². The van der Waals surface area contributed by atoms with E-state index in [1.54, 1.807) is 7.05 Å². The van der Waals surface area contributed by atoms with Crippen LogP contribution >= 0.6 is 0 Å². The summed E-state index contributed by atoms with van der Waals surface area (Å²) < 4.78 is 28.0. The highest BCUT2D eigenvalue weighted by atomic mass is 32.2. The molecule has 1 aliphatic rings. The van der Waals surface area contributed by atoms with Crippen molar-refractivity contribution in [3.05, 3.63) is 6.33 Å². The number of carbonyl (C=O) groups is 1. The number of amides is 1. The topological polar surface area (TPSA) is 110 Å². The van der Waals surface area contributed by atoms with Crippen LogP contribution in [0.25, 0.3) is 0 Å². The number of rotatable bonds is 4. The SMILES string of the molecule is CC(=O)NCC1CCN(S(=O)(=O)c2c(N)ncn2C)CC1. The Kier molecular flexibility index (Phi) is 4.52. The van der Waals surface area contributed by atoms with Gasteiger partial charge in [-0.15, -0.1) is 0 Å². The Morgan fingerprint density at radius 1 is 1.48 bits per heavy atom. The summed E-state index contributed by atoms with van der Waals surface area (Å²) in [5, 5.41) is 2.82. The number of hydrogen-bond donors (Lipinski definition) is 2. The van der Waals surface area contributed by atoms with Crippen molar-refractivity contribution in [3.63, 3.8) is 0 Å². The number of nitrogen functional groups attached to an aromatic ring is 1. The van der Waals surface area contributed by atoms with Gasteiger partial charge in [0.25, 0.3) is 10.0 Å². The third-order valence-corrected chi connectivity index (χ3v) is 5.74. The largest absolute Gasteiger partial charge is 0.381 e. The van der Waals surface area contributed by atoms with E-state index in [1.165, 1.54) is 22.1 Å².